The van der Waals surface area contributed by atoms with E-state index in [-0.39, 0.29) is 24.3 Å². The second-order valence-corrected chi connectivity index (χ2v) is 9.51. The molecular formula is C26H26ClN3O2. The largest absolute Gasteiger partial charge is 0.356 e. The number of aromatic nitrogens is 1. The van der Waals surface area contributed by atoms with Gasteiger partial charge in [0.05, 0.1) is 17.6 Å². The smallest absolute Gasteiger partial charge is 0.259 e. The Balaban J connectivity index is 1.75. The van der Waals surface area contributed by atoms with E-state index in [0.717, 1.165) is 46.4 Å². The number of hydrogen-bond donors (Lipinski definition) is 1. The lowest BCUT2D eigenvalue weighted by molar-refractivity contribution is -0.139. The standard InChI is InChI=1S/C26H26ClN3O2/c1-15(2)11-12-29-13-19-23(17-7-9-18(27)10-8-17)25-21(14-30(16(3)31)26(25)32)28-20-5-4-6-22(29)24(19)20/h4-10,13,15,23,28H,11-12,14H2,1-3H3/t23-/m1/s1. The summed E-state index contributed by atoms with van der Waals surface area (Å²) in [5.41, 5.74) is 5.63. The highest BCUT2D eigenvalue weighted by Crippen LogP contribution is 2.46. The van der Waals surface area contributed by atoms with Crippen LogP contribution < -0.4 is 5.32 Å². The molecule has 0 unspecified atom stereocenters. The van der Waals surface area contributed by atoms with Gasteiger partial charge in [-0.2, -0.15) is 0 Å². The number of benzene rings is 2. The fraction of sp³-hybridized carbons (Fsp3) is 0.308. The molecule has 3 aromatic rings. The molecule has 1 N–H and O–H groups in total. The van der Waals surface area contributed by atoms with E-state index in [1.54, 1.807) is 0 Å². The highest BCUT2D eigenvalue weighted by Gasteiger charge is 2.41. The molecule has 0 radical (unpaired) electrons. The van der Waals surface area contributed by atoms with Crippen LogP contribution in [0.15, 0.2) is 59.9 Å². The monoisotopic (exact) mass is 447 g/mol. The van der Waals surface area contributed by atoms with Crippen LogP contribution in [0.25, 0.3) is 10.9 Å². The number of anilines is 1. The highest BCUT2D eigenvalue weighted by molar-refractivity contribution is 6.30. The Kier molecular flexibility index (Phi) is 5.09. The van der Waals surface area contributed by atoms with Crippen molar-refractivity contribution in [1.29, 1.82) is 0 Å². The van der Waals surface area contributed by atoms with Crippen LogP contribution in [-0.4, -0.2) is 27.8 Å². The predicted octanol–water partition coefficient (Wildman–Crippen LogP) is 5.54. The normalized spacial score (nSPS) is 17.7. The fourth-order valence-electron chi connectivity index (χ4n) is 4.86. The second kappa shape index (κ2) is 7.82. The summed E-state index contributed by atoms with van der Waals surface area (Å²) in [6.07, 6.45) is 3.26. The molecule has 2 aliphatic rings. The lowest BCUT2D eigenvalue weighted by atomic mass is 9.84. The third kappa shape index (κ3) is 3.32. The molecule has 0 saturated heterocycles. The van der Waals surface area contributed by atoms with Gasteiger partial charge in [-0.1, -0.05) is 43.6 Å². The number of aryl methyl sites for hydroxylation is 1. The molecule has 0 fully saturated rings. The van der Waals surface area contributed by atoms with Crippen LogP contribution in [0.1, 0.15) is 44.2 Å². The molecule has 2 aliphatic heterocycles. The first kappa shape index (κ1) is 20.8. The van der Waals surface area contributed by atoms with Crippen LogP contribution in [0.5, 0.6) is 0 Å². The zero-order chi connectivity index (χ0) is 22.6. The first-order chi connectivity index (χ1) is 15.3. The Morgan fingerprint density at radius 1 is 1.19 bits per heavy atom. The lowest BCUT2D eigenvalue weighted by Crippen LogP contribution is -2.33. The molecule has 32 heavy (non-hydrogen) atoms. The summed E-state index contributed by atoms with van der Waals surface area (Å²) in [5.74, 6) is -0.159. The number of nitrogens with one attached hydrogen (secondary N) is 1. The van der Waals surface area contributed by atoms with Crippen molar-refractivity contribution in [2.24, 2.45) is 5.92 Å². The molecule has 3 heterocycles. The summed E-state index contributed by atoms with van der Waals surface area (Å²) in [5, 5.41) is 5.30. The molecule has 5 rings (SSSR count). The summed E-state index contributed by atoms with van der Waals surface area (Å²) in [7, 11) is 0. The number of rotatable bonds is 4. The van der Waals surface area contributed by atoms with E-state index >= 15 is 0 Å². The second-order valence-electron chi connectivity index (χ2n) is 9.07. The molecule has 6 heteroatoms. The first-order valence-corrected chi connectivity index (χ1v) is 11.4. The van der Waals surface area contributed by atoms with Gasteiger partial charge < -0.3 is 9.88 Å². The van der Waals surface area contributed by atoms with E-state index in [2.05, 4.69) is 36.0 Å². The van der Waals surface area contributed by atoms with Crippen molar-refractivity contribution in [3.8, 4) is 0 Å². The molecule has 0 spiro atoms. The maximum absolute atomic E-state index is 13.5. The van der Waals surface area contributed by atoms with Crippen molar-refractivity contribution < 1.29 is 9.59 Å². The van der Waals surface area contributed by atoms with Crippen LogP contribution in [0.4, 0.5) is 5.69 Å². The Labute approximate surface area is 192 Å². The van der Waals surface area contributed by atoms with Gasteiger partial charge in [0.25, 0.3) is 5.91 Å². The van der Waals surface area contributed by atoms with Crippen molar-refractivity contribution in [3.63, 3.8) is 0 Å². The van der Waals surface area contributed by atoms with E-state index < -0.39 is 0 Å². The number of amides is 2. The Morgan fingerprint density at radius 2 is 1.94 bits per heavy atom. The Morgan fingerprint density at radius 3 is 2.62 bits per heavy atom. The van der Waals surface area contributed by atoms with Crippen LogP contribution >= 0.6 is 11.6 Å². The van der Waals surface area contributed by atoms with Crippen molar-refractivity contribution in [1.82, 2.24) is 9.47 Å². The van der Waals surface area contributed by atoms with E-state index in [4.69, 9.17) is 11.6 Å². The average Bonchev–Trinajstić information content (AvgIpc) is 3.23. The highest BCUT2D eigenvalue weighted by atomic mass is 35.5. The van der Waals surface area contributed by atoms with E-state index in [1.807, 2.05) is 36.4 Å². The quantitative estimate of drug-likeness (QED) is 0.571. The van der Waals surface area contributed by atoms with Gasteiger partial charge in [-0.25, -0.2) is 0 Å². The fourth-order valence-corrected chi connectivity index (χ4v) is 4.98. The average molecular weight is 448 g/mol. The Bertz CT molecular complexity index is 1270. The molecule has 164 valence electrons. The zero-order valence-corrected chi connectivity index (χ0v) is 19.2. The first-order valence-electron chi connectivity index (χ1n) is 11.0. The van der Waals surface area contributed by atoms with Crippen LogP contribution in [0.2, 0.25) is 5.02 Å². The number of carbonyl (C=O) groups is 2. The van der Waals surface area contributed by atoms with Crippen molar-refractivity contribution >= 4 is 40.0 Å². The summed E-state index contributed by atoms with van der Waals surface area (Å²) in [4.78, 5) is 27.0. The van der Waals surface area contributed by atoms with Gasteiger partial charge in [0.15, 0.2) is 0 Å². The van der Waals surface area contributed by atoms with Crippen LogP contribution in [0.3, 0.4) is 0 Å². The third-order valence-corrected chi connectivity index (χ3v) is 6.72. The van der Waals surface area contributed by atoms with Gasteiger partial charge in [0.1, 0.15) is 0 Å². The predicted molar refractivity (Wildman–Crippen MR) is 128 cm³/mol. The van der Waals surface area contributed by atoms with Gasteiger partial charge in [0, 0.05) is 47.4 Å². The van der Waals surface area contributed by atoms with E-state index in [9.17, 15) is 9.59 Å². The Hall–Kier alpha value is -3.05. The zero-order valence-electron chi connectivity index (χ0n) is 18.5. The number of halogens is 1. The van der Waals surface area contributed by atoms with Gasteiger partial charge >= 0.3 is 0 Å². The maximum Gasteiger partial charge on any atom is 0.259 e. The van der Waals surface area contributed by atoms with Gasteiger partial charge in [-0.15, -0.1) is 0 Å². The molecule has 0 aliphatic carbocycles. The molecule has 5 nitrogen and oxygen atoms in total. The molecule has 0 saturated carbocycles. The number of nitrogens with zero attached hydrogens (tertiary/aromatic N) is 2. The van der Waals surface area contributed by atoms with Crippen molar-refractivity contribution in [2.75, 3.05) is 11.9 Å². The van der Waals surface area contributed by atoms with Crippen LogP contribution in [0, 0.1) is 5.92 Å². The van der Waals surface area contributed by atoms with Gasteiger partial charge in [-0.3, -0.25) is 14.5 Å². The van der Waals surface area contributed by atoms with E-state index in [0.29, 0.717) is 16.5 Å². The summed E-state index contributed by atoms with van der Waals surface area (Å²) in [6, 6.07) is 13.9. The van der Waals surface area contributed by atoms with E-state index in [1.165, 1.54) is 11.8 Å². The molecule has 1 aromatic heterocycles. The van der Waals surface area contributed by atoms with Crippen molar-refractivity contribution in [3.05, 3.63) is 76.1 Å². The van der Waals surface area contributed by atoms with Gasteiger partial charge in [-0.05, 0) is 47.7 Å². The topological polar surface area (TPSA) is 54.3 Å². The number of carbonyl (C=O) groups excluding carboxylic acids is 2. The maximum atomic E-state index is 13.5. The van der Waals surface area contributed by atoms with Crippen LogP contribution in [-0.2, 0) is 16.1 Å². The lowest BCUT2D eigenvalue weighted by Gasteiger charge is -2.19. The SMILES string of the molecule is CC(=O)N1CC2=C(C1=O)[C@H](c1ccc(Cl)cc1)c1cn(CCC(C)C)c3cccc(c13)N2. The summed E-state index contributed by atoms with van der Waals surface area (Å²) < 4.78 is 2.30. The third-order valence-electron chi connectivity index (χ3n) is 6.47. The molecule has 0 bridgehead atoms. The summed E-state index contributed by atoms with van der Waals surface area (Å²) in [6.45, 7) is 7.07. The molecule has 2 aromatic carbocycles. The minimum atomic E-state index is -0.280. The molecule has 1 atom stereocenters. The minimum Gasteiger partial charge on any atom is -0.356 e. The number of imide groups is 1. The van der Waals surface area contributed by atoms with Gasteiger partial charge in [0.2, 0.25) is 5.91 Å². The number of hydrogen-bond acceptors (Lipinski definition) is 3. The molecular weight excluding hydrogens is 422 g/mol. The minimum absolute atomic E-state index is 0.226. The van der Waals surface area contributed by atoms with Crippen molar-refractivity contribution in [2.45, 2.75) is 39.7 Å². The molecule has 2 amide bonds. The summed E-state index contributed by atoms with van der Waals surface area (Å²) >= 11 is 6.18.